The van der Waals surface area contributed by atoms with Crippen molar-refractivity contribution in [2.75, 3.05) is 13.7 Å². The van der Waals surface area contributed by atoms with E-state index in [0.29, 0.717) is 25.4 Å². The number of nitrogens with zero attached hydrogens (tertiary/aromatic N) is 1. The Morgan fingerprint density at radius 3 is 2.63 bits per heavy atom. The molecule has 0 unspecified atom stereocenters. The first-order valence-electron chi connectivity index (χ1n) is 6.32. The SMILES string of the molecule is COc1ccc(CNCCC(=O)OC(C)(C)C)cn1. The molecule has 0 spiro atoms. The maximum absolute atomic E-state index is 11.5. The predicted octanol–water partition coefficient (Wildman–Crippen LogP) is 1.91. The summed E-state index contributed by atoms with van der Waals surface area (Å²) in [6.45, 7) is 6.84. The van der Waals surface area contributed by atoms with E-state index in [-0.39, 0.29) is 5.97 Å². The third-order valence-electron chi connectivity index (χ3n) is 2.26. The molecule has 1 aromatic rings. The van der Waals surface area contributed by atoms with Gasteiger partial charge in [-0.25, -0.2) is 4.98 Å². The van der Waals surface area contributed by atoms with Gasteiger partial charge in [-0.1, -0.05) is 6.07 Å². The van der Waals surface area contributed by atoms with Gasteiger partial charge in [0.1, 0.15) is 5.60 Å². The summed E-state index contributed by atoms with van der Waals surface area (Å²) < 4.78 is 10.2. The van der Waals surface area contributed by atoms with Gasteiger partial charge in [0.25, 0.3) is 0 Å². The smallest absolute Gasteiger partial charge is 0.307 e. The highest BCUT2D eigenvalue weighted by molar-refractivity contribution is 5.70. The lowest BCUT2D eigenvalue weighted by Gasteiger charge is -2.19. The molecule has 0 aliphatic rings. The van der Waals surface area contributed by atoms with Crippen LogP contribution in [0.15, 0.2) is 18.3 Å². The molecule has 1 aromatic heterocycles. The number of nitrogens with one attached hydrogen (secondary N) is 1. The second-order valence-electron chi connectivity index (χ2n) is 5.22. The van der Waals surface area contributed by atoms with Gasteiger partial charge in [0.05, 0.1) is 13.5 Å². The largest absolute Gasteiger partial charge is 0.481 e. The lowest BCUT2D eigenvalue weighted by atomic mass is 10.2. The number of aromatic nitrogens is 1. The molecule has 0 atom stereocenters. The minimum absolute atomic E-state index is 0.187. The van der Waals surface area contributed by atoms with Crippen LogP contribution >= 0.6 is 0 Å². The highest BCUT2D eigenvalue weighted by Gasteiger charge is 2.15. The quantitative estimate of drug-likeness (QED) is 0.629. The van der Waals surface area contributed by atoms with Crippen LogP contribution in [0.2, 0.25) is 0 Å². The zero-order valence-electron chi connectivity index (χ0n) is 12.0. The fraction of sp³-hybridized carbons (Fsp3) is 0.571. The lowest BCUT2D eigenvalue weighted by Crippen LogP contribution is -2.26. The average Bonchev–Trinajstić information content (AvgIpc) is 2.33. The van der Waals surface area contributed by atoms with E-state index in [9.17, 15) is 4.79 Å². The van der Waals surface area contributed by atoms with E-state index in [1.807, 2.05) is 32.9 Å². The van der Waals surface area contributed by atoms with Crippen LogP contribution in [0.5, 0.6) is 5.88 Å². The van der Waals surface area contributed by atoms with E-state index in [1.165, 1.54) is 0 Å². The Morgan fingerprint density at radius 2 is 2.11 bits per heavy atom. The van der Waals surface area contributed by atoms with Crippen LogP contribution in [0.4, 0.5) is 0 Å². The van der Waals surface area contributed by atoms with Gasteiger partial charge in [-0.05, 0) is 26.3 Å². The Kier molecular flexibility index (Phi) is 5.76. The summed E-state index contributed by atoms with van der Waals surface area (Å²) in [5.74, 6) is 0.408. The maximum atomic E-state index is 11.5. The van der Waals surface area contributed by atoms with Gasteiger partial charge in [0.15, 0.2) is 0 Å². The fourth-order valence-corrected chi connectivity index (χ4v) is 1.45. The van der Waals surface area contributed by atoms with Gasteiger partial charge >= 0.3 is 5.97 Å². The Labute approximate surface area is 114 Å². The van der Waals surface area contributed by atoms with Crippen molar-refractivity contribution in [3.63, 3.8) is 0 Å². The molecule has 19 heavy (non-hydrogen) atoms. The number of pyridine rings is 1. The van der Waals surface area contributed by atoms with Crippen molar-refractivity contribution < 1.29 is 14.3 Å². The van der Waals surface area contributed by atoms with Crippen molar-refractivity contribution in [2.24, 2.45) is 0 Å². The molecule has 0 saturated heterocycles. The summed E-state index contributed by atoms with van der Waals surface area (Å²) >= 11 is 0. The number of carbonyl (C=O) groups is 1. The standard InChI is InChI=1S/C14H22N2O3/c1-14(2,3)19-13(17)7-8-15-9-11-5-6-12(18-4)16-10-11/h5-6,10,15H,7-9H2,1-4H3. The molecule has 106 valence electrons. The minimum Gasteiger partial charge on any atom is -0.481 e. The summed E-state index contributed by atoms with van der Waals surface area (Å²) in [5.41, 5.74) is 0.627. The highest BCUT2D eigenvalue weighted by atomic mass is 16.6. The lowest BCUT2D eigenvalue weighted by molar-refractivity contribution is -0.154. The normalized spacial score (nSPS) is 11.2. The Hall–Kier alpha value is -1.62. The number of rotatable bonds is 6. The van der Waals surface area contributed by atoms with Crippen LogP contribution in [0.1, 0.15) is 32.8 Å². The molecular weight excluding hydrogens is 244 g/mol. The van der Waals surface area contributed by atoms with Gasteiger partial charge in [-0.3, -0.25) is 4.79 Å². The van der Waals surface area contributed by atoms with Crippen molar-refractivity contribution in [2.45, 2.75) is 39.3 Å². The first-order chi connectivity index (χ1) is 8.90. The molecule has 0 bridgehead atoms. The van der Waals surface area contributed by atoms with Gasteiger partial charge in [-0.15, -0.1) is 0 Å². The fourth-order valence-electron chi connectivity index (χ4n) is 1.45. The Morgan fingerprint density at radius 1 is 1.37 bits per heavy atom. The van der Waals surface area contributed by atoms with E-state index in [4.69, 9.17) is 9.47 Å². The van der Waals surface area contributed by atoms with Gasteiger partial charge in [0, 0.05) is 25.4 Å². The van der Waals surface area contributed by atoms with Crippen molar-refractivity contribution in [1.82, 2.24) is 10.3 Å². The molecule has 0 aliphatic heterocycles. The number of hydrogen-bond acceptors (Lipinski definition) is 5. The van der Waals surface area contributed by atoms with Gasteiger partial charge in [-0.2, -0.15) is 0 Å². The minimum atomic E-state index is -0.420. The number of esters is 1. The number of methoxy groups -OCH3 is 1. The van der Waals surface area contributed by atoms with E-state index < -0.39 is 5.60 Å². The monoisotopic (exact) mass is 266 g/mol. The topological polar surface area (TPSA) is 60.5 Å². The number of carbonyl (C=O) groups excluding carboxylic acids is 1. The Bertz CT molecular complexity index is 396. The van der Waals surface area contributed by atoms with Crippen LogP contribution in [-0.2, 0) is 16.1 Å². The van der Waals surface area contributed by atoms with E-state index in [2.05, 4.69) is 10.3 Å². The molecular formula is C14H22N2O3. The number of ether oxygens (including phenoxy) is 2. The summed E-state index contributed by atoms with van der Waals surface area (Å²) in [4.78, 5) is 15.6. The van der Waals surface area contributed by atoms with E-state index in [0.717, 1.165) is 5.56 Å². The predicted molar refractivity (Wildman–Crippen MR) is 73.0 cm³/mol. The first-order valence-corrected chi connectivity index (χ1v) is 6.32. The summed E-state index contributed by atoms with van der Waals surface area (Å²) in [5, 5.41) is 3.17. The summed E-state index contributed by atoms with van der Waals surface area (Å²) in [7, 11) is 1.58. The molecule has 0 fully saturated rings. The van der Waals surface area contributed by atoms with Gasteiger partial charge in [0.2, 0.25) is 5.88 Å². The van der Waals surface area contributed by atoms with Crippen LogP contribution in [0, 0.1) is 0 Å². The summed E-state index contributed by atoms with van der Waals surface area (Å²) in [6.07, 6.45) is 2.11. The van der Waals surface area contributed by atoms with Crippen molar-refractivity contribution >= 4 is 5.97 Å². The van der Waals surface area contributed by atoms with E-state index >= 15 is 0 Å². The molecule has 0 aliphatic carbocycles. The van der Waals surface area contributed by atoms with E-state index in [1.54, 1.807) is 13.3 Å². The van der Waals surface area contributed by atoms with Crippen molar-refractivity contribution in [3.8, 4) is 5.88 Å². The average molecular weight is 266 g/mol. The van der Waals surface area contributed by atoms with Crippen LogP contribution in [0.25, 0.3) is 0 Å². The maximum Gasteiger partial charge on any atom is 0.307 e. The van der Waals surface area contributed by atoms with Crippen LogP contribution < -0.4 is 10.1 Å². The molecule has 5 heteroatoms. The third kappa shape index (κ3) is 6.76. The third-order valence-corrected chi connectivity index (χ3v) is 2.26. The zero-order chi connectivity index (χ0) is 14.3. The number of hydrogen-bond donors (Lipinski definition) is 1. The van der Waals surface area contributed by atoms with Crippen molar-refractivity contribution in [1.29, 1.82) is 0 Å². The zero-order valence-corrected chi connectivity index (χ0v) is 12.0. The van der Waals surface area contributed by atoms with Crippen LogP contribution in [0.3, 0.4) is 0 Å². The second-order valence-corrected chi connectivity index (χ2v) is 5.22. The van der Waals surface area contributed by atoms with Crippen molar-refractivity contribution in [3.05, 3.63) is 23.9 Å². The highest BCUT2D eigenvalue weighted by Crippen LogP contribution is 2.08. The molecule has 0 amide bonds. The Balaban J connectivity index is 2.21. The molecule has 0 radical (unpaired) electrons. The molecule has 1 rings (SSSR count). The molecule has 5 nitrogen and oxygen atoms in total. The van der Waals surface area contributed by atoms with Gasteiger partial charge < -0.3 is 14.8 Å². The summed E-state index contributed by atoms with van der Waals surface area (Å²) in [6, 6.07) is 3.75. The first kappa shape index (κ1) is 15.4. The second kappa shape index (κ2) is 7.09. The molecule has 0 aromatic carbocycles. The molecule has 0 saturated carbocycles. The van der Waals surface area contributed by atoms with Crippen LogP contribution in [-0.4, -0.2) is 30.2 Å². The molecule has 1 heterocycles. The molecule has 1 N–H and O–H groups in total.